The van der Waals surface area contributed by atoms with Crippen molar-refractivity contribution < 1.29 is 4.79 Å². The molecule has 1 saturated carbocycles. The van der Waals surface area contributed by atoms with Crippen LogP contribution < -0.4 is 11.1 Å². The lowest BCUT2D eigenvalue weighted by Gasteiger charge is -2.15. The number of rotatable bonds is 2. The lowest BCUT2D eigenvalue weighted by atomic mass is 10.1. The standard InChI is InChI=1S/C12H20N4O/c1-16-8-10(13)11(15-16)12(17)14-9-6-4-2-3-5-7-9/h8-9H,2-7,13H2,1H3,(H,14,17). The quantitative estimate of drug-likeness (QED) is 0.763. The van der Waals surface area contributed by atoms with Gasteiger partial charge in [-0.2, -0.15) is 5.10 Å². The molecule has 0 aliphatic heterocycles. The number of anilines is 1. The zero-order valence-corrected chi connectivity index (χ0v) is 10.3. The van der Waals surface area contributed by atoms with Crippen LogP contribution >= 0.6 is 0 Å². The number of hydrogen-bond acceptors (Lipinski definition) is 3. The van der Waals surface area contributed by atoms with Gasteiger partial charge >= 0.3 is 0 Å². The van der Waals surface area contributed by atoms with E-state index >= 15 is 0 Å². The summed E-state index contributed by atoms with van der Waals surface area (Å²) in [6, 6.07) is 0.284. The summed E-state index contributed by atoms with van der Waals surface area (Å²) in [7, 11) is 1.76. The first kappa shape index (κ1) is 12.0. The van der Waals surface area contributed by atoms with Gasteiger partial charge in [0.2, 0.25) is 0 Å². The van der Waals surface area contributed by atoms with Crippen LogP contribution in [-0.2, 0) is 7.05 Å². The van der Waals surface area contributed by atoms with Crippen LogP contribution in [0.2, 0.25) is 0 Å². The number of nitrogen functional groups attached to an aromatic ring is 1. The molecule has 0 unspecified atom stereocenters. The molecule has 0 atom stereocenters. The van der Waals surface area contributed by atoms with Crippen LogP contribution in [0.1, 0.15) is 49.0 Å². The Labute approximate surface area is 101 Å². The molecule has 1 aromatic rings. The summed E-state index contributed by atoms with van der Waals surface area (Å²) in [4.78, 5) is 12.0. The molecule has 1 aliphatic rings. The maximum atomic E-state index is 12.0. The highest BCUT2D eigenvalue weighted by molar-refractivity contribution is 5.97. The molecular weight excluding hydrogens is 216 g/mol. The molecule has 3 N–H and O–H groups in total. The number of aryl methyl sites for hydroxylation is 1. The third kappa shape index (κ3) is 2.99. The Hall–Kier alpha value is -1.52. The summed E-state index contributed by atoms with van der Waals surface area (Å²) in [5.74, 6) is -0.144. The molecule has 5 nitrogen and oxygen atoms in total. The van der Waals surface area contributed by atoms with E-state index in [0.717, 1.165) is 12.8 Å². The Morgan fingerprint density at radius 1 is 1.41 bits per heavy atom. The number of aromatic nitrogens is 2. The molecule has 5 heteroatoms. The van der Waals surface area contributed by atoms with Crippen molar-refractivity contribution in [3.8, 4) is 0 Å². The summed E-state index contributed by atoms with van der Waals surface area (Å²) in [5.41, 5.74) is 6.52. The van der Waals surface area contributed by atoms with Gasteiger partial charge in [-0.05, 0) is 12.8 Å². The topological polar surface area (TPSA) is 72.9 Å². The highest BCUT2D eigenvalue weighted by atomic mass is 16.2. The molecule has 0 radical (unpaired) electrons. The van der Waals surface area contributed by atoms with Crippen LogP contribution in [0.15, 0.2) is 6.20 Å². The molecule has 1 aromatic heterocycles. The second kappa shape index (κ2) is 5.21. The van der Waals surface area contributed by atoms with E-state index in [4.69, 9.17) is 5.73 Å². The molecular formula is C12H20N4O. The maximum Gasteiger partial charge on any atom is 0.274 e. The van der Waals surface area contributed by atoms with Crippen molar-refractivity contribution in [2.45, 2.75) is 44.6 Å². The van der Waals surface area contributed by atoms with E-state index in [-0.39, 0.29) is 11.9 Å². The lowest BCUT2D eigenvalue weighted by Crippen LogP contribution is -2.35. The highest BCUT2D eigenvalue weighted by Gasteiger charge is 2.19. The van der Waals surface area contributed by atoms with Gasteiger partial charge in [0.1, 0.15) is 0 Å². The van der Waals surface area contributed by atoms with Crippen molar-refractivity contribution in [1.29, 1.82) is 0 Å². The number of amides is 1. The molecule has 1 fully saturated rings. The SMILES string of the molecule is Cn1cc(N)c(C(=O)NC2CCCCCC2)n1. The van der Waals surface area contributed by atoms with Gasteiger partial charge in [-0.3, -0.25) is 9.48 Å². The van der Waals surface area contributed by atoms with Gasteiger partial charge in [-0.25, -0.2) is 0 Å². The summed E-state index contributed by atoms with van der Waals surface area (Å²) in [6.45, 7) is 0. The van der Waals surface area contributed by atoms with Crippen LogP contribution in [-0.4, -0.2) is 21.7 Å². The average molecular weight is 236 g/mol. The zero-order chi connectivity index (χ0) is 12.3. The van der Waals surface area contributed by atoms with E-state index in [1.807, 2.05) is 0 Å². The third-order valence-electron chi connectivity index (χ3n) is 3.26. The van der Waals surface area contributed by atoms with Crippen molar-refractivity contribution in [3.63, 3.8) is 0 Å². The van der Waals surface area contributed by atoms with Gasteiger partial charge in [0, 0.05) is 19.3 Å². The van der Waals surface area contributed by atoms with Crippen LogP contribution in [0.3, 0.4) is 0 Å². The van der Waals surface area contributed by atoms with Crippen LogP contribution in [0.5, 0.6) is 0 Å². The van der Waals surface area contributed by atoms with Gasteiger partial charge in [0.25, 0.3) is 5.91 Å². The predicted molar refractivity (Wildman–Crippen MR) is 66.6 cm³/mol. The summed E-state index contributed by atoms with van der Waals surface area (Å²) in [6.07, 6.45) is 8.74. The van der Waals surface area contributed by atoms with Crippen molar-refractivity contribution in [2.24, 2.45) is 7.05 Å². The first-order chi connectivity index (χ1) is 8.16. The first-order valence-electron chi connectivity index (χ1n) is 6.27. The van der Waals surface area contributed by atoms with E-state index < -0.39 is 0 Å². The van der Waals surface area contributed by atoms with E-state index in [1.165, 1.54) is 25.7 Å². The Balaban J connectivity index is 1.98. The first-order valence-corrected chi connectivity index (χ1v) is 6.27. The zero-order valence-electron chi connectivity index (χ0n) is 10.3. The largest absolute Gasteiger partial charge is 0.396 e. The van der Waals surface area contributed by atoms with E-state index in [9.17, 15) is 4.79 Å². The van der Waals surface area contributed by atoms with Crippen LogP contribution in [0, 0.1) is 0 Å². The monoisotopic (exact) mass is 236 g/mol. The van der Waals surface area contributed by atoms with E-state index in [2.05, 4.69) is 10.4 Å². The predicted octanol–water partition coefficient (Wildman–Crippen LogP) is 1.45. The molecule has 1 heterocycles. The minimum Gasteiger partial charge on any atom is -0.396 e. The molecule has 0 aromatic carbocycles. The molecule has 1 aliphatic carbocycles. The summed E-state index contributed by atoms with van der Waals surface area (Å²) >= 11 is 0. The summed E-state index contributed by atoms with van der Waals surface area (Å²) < 4.78 is 1.57. The molecule has 0 saturated heterocycles. The molecule has 0 bridgehead atoms. The number of nitrogens with one attached hydrogen (secondary N) is 1. The fourth-order valence-electron chi connectivity index (χ4n) is 2.36. The van der Waals surface area contributed by atoms with E-state index in [0.29, 0.717) is 11.4 Å². The highest BCUT2D eigenvalue weighted by Crippen LogP contribution is 2.18. The van der Waals surface area contributed by atoms with Gasteiger partial charge in [-0.15, -0.1) is 0 Å². The Morgan fingerprint density at radius 3 is 2.59 bits per heavy atom. The lowest BCUT2D eigenvalue weighted by molar-refractivity contribution is 0.0928. The van der Waals surface area contributed by atoms with Crippen molar-refractivity contribution in [3.05, 3.63) is 11.9 Å². The van der Waals surface area contributed by atoms with E-state index in [1.54, 1.807) is 17.9 Å². The number of nitrogens with two attached hydrogens (primary N) is 1. The fourth-order valence-corrected chi connectivity index (χ4v) is 2.36. The Bertz CT molecular complexity index is 391. The number of hydrogen-bond donors (Lipinski definition) is 2. The second-order valence-electron chi connectivity index (χ2n) is 4.77. The van der Waals surface area contributed by atoms with Crippen molar-refractivity contribution >= 4 is 11.6 Å². The molecule has 0 spiro atoms. The number of carbonyl (C=O) groups is 1. The Morgan fingerprint density at radius 2 is 2.06 bits per heavy atom. The van der Waals surface area contributed by atoms with Crippen molar-refractivity contribution in [2.75, 3.05) is 5.73 Å². The number of carbonyl (C=O) groups excluding carboxylic acids is 1. The van der Waals surface area contributed by atoms with Gasteiger partial charge < -0.3 is 11.1 Å². The van der Waals surface area contributed by atoms with Gasteiger partial charge in [-0.1, -0.05) is 25.7 Å². The maximum absolute atomic E-state index is 12.0. The smallest absolute Gasteiger partial charge is 0.274 e. The molecule has 17 heavy (non-hydrogen) atoms. The fraction of sp³-hybridized carbons (Fsp3) is 0.667. The van der Waals surface area contributed by atoms with Crippen LogP contribution in [0.4, 0.5) is 5.69 Å². The second-order valence-corrected chi connectivity index (χ2v) is 4.77. The normalized spacial score (nSPS) is 17.7. The number of nitrogens with zero attached hydrogens (tertiary/aromatic N) is 2. The van der Waals surface area contributed by atoms with Gasteiger partial charge in [0.15, 0.2) is 5.69 Å². The van der Waals surface area contributed by atoms with Crippen molar-refractivity contribution in [1.82, 2.24) is 15.1 Å². The third-order valence-corrected chi connectivity index (χ3v) is 3.26. The average Bonchev–Trinajstić information content (AvgIpc) is 2.51. The molecule has 94 valence electrons. The minimum atomic E-state index is -0.144. The molecule has 2 rings (SSSR count). The van der Waals surface area contributed by atoms with Gasteiger partial charge in [0.05, 0.1) is 5.69 Å². The van der Waals surface area contributed by atoms with Crippen LogP contribution in [0.25, 0.3) is 0 Å². The minimum absolute atomic E-state index is 0.144. The Kier molecular flexibility index (Phi) is 3.66. The summed E-state index contributed by atoms with van der Waals surface area (Å²) in [5, 5.41) is 7.11. The molecule has 1 amide bonds.